The molecule has 0 saturated heterocycles. The third-order valence-electron chi connectivity index (χ3n) is 4.09. The van der Waals surface area contributed by atoms with Crippen molar-refractivity contribution in [3.05, 3.63) is 18.2 Å². The first-order valence-electron chi connectivity index (χ1n) is 8.99. The van der Waals surface area contributed by atoms with Crippen molar-refractivity contribution in [2.45, 2.75) is 64.2 Å². The molecular formula is C18H30N2O4S. The third kappa shape index (κ3) is 6.32. The Balaban J connectivity index is 2.80. The first-order valence-corrected chi connectivity index (χ1v) is 10.4. The van der Waals surface area contributed by atoms with Gasteiger partial charge in [-0.3, -0.25) is 4.79 Å². The van der Waals surface area contributed by atoms with Gasteiger partial charge in [0.15, 0.2) is 0 Å². The predicted octanol–water partition coefficient (Wildman–Crippen LogP) is 3.72. The van der Waals surface area contributed by atoms with Gasteiger partial charge >= 0.3 is 0 Å². The minimum Gasteiger partial charge on any atom is -0.506 e. The average molecular weight is 371 g/mol. The fourth-order valence-electron chi connectivity index (χ4n) is 2.59. The van der Waals surface area contributed by atoms with Crippen LogP contribution in [0.5, 0.6) is 5.75 Å². The molecule has 0 spiro atoms. The lowest BCUT2D eigenvalue weighted by atomic mass is 10.1. The van der Waals surface area contributed by atoms with Crippen molar-refractivity contribution in [2.24, 2.45) is 0 Å². The summed E-state index contributed by atoms with van der Waals surface area (Å²) < 4.78 is 26.4. The van der Waals surface area contributed by atoms with Crippen LogP contribution in [0, 0.1) is 0 Å². The molecule has 2 N–H and O–H groups in total. The molecule has 1 amide bonds. The van der Waals surface area contributed by atoms with Crippen molar-refractivity contribution in [1.82, 2.24) is 4.31 Å². The zero-order chi connectivity index (χ0) is 18.9. The van der Waals surface area contributed by atoms with Crippen LogP contribution >= 0.6 is 0 Å². The second-order valence-corrected chi connectivity index (χ2v) is 7.92. The predicted molar refractivity (Wildman–Crippen MR) is 100 cm³/mol. The Hall–Kier alpha value is -1.60. The van der Waals surface area contributed by atoms with Gasteiger partial charge in [0.25, 0.3) is 0 Å². The van der Waals surface area contributed by atoms with Crippen LogP contribution in [-0.2, 0) is 14.8 Å². The Labute approximate surface area is 151 Å². The first kappa shape index (κ1) is 21.4. The van der Waals surface area contributed by atoms with Gasteiger partial charge in [0.05, 0.1) is 10.6 Å². The first-order chi connectivity index (χ1) is 11.9. The van der Waals surface area contributed by atoms with Crippen LogP contribution in [0.25, 0.3) is 0 Å². The van der Waals surface area contributed by atoms with Crippen molar-refractivity contribution in [1.29, 1.82) is 0 Å². The molecule has 0 saturated carbocycles. The number of phenols is 1. The van der Waals surface area contributed by atoms with Gasteiger partial charge in [0.1, 0.15) is 5.75 Å². The highest BCUT2D eigenvalue weighted by Gasteiger charge is 2.22. The lowest BCUT2D eigenvalue weighted by Crippen LogP contribution is -2.30. The Morgan fingerprint density at radius 1 is 1.08 bits per heavy atom. The molecule has 0 aliphatic rings. The molecule has 1 aromatic carbocycles. The summed E-state index contributed by atoms with van der Waals surface area (Å²) in [7, 11) is -3.63. The molecule has 0 aliphatic carbocycles. The smallest absolute Gasteiger partial charge is 0.243 e. The summed E-state index contributed by atoms with van der Waals surface area (Å²) in [6, 6.07) is 3.97. The molecule has 0 aliphatic heterocycles. The van der Waals surface area contributed by atoms with Crippen LogP contribution < -0.4 is 5.32 Å². The number of hydrogen-bond acceptors (Lipinski definition) is 4. The van der Waals surface area contributed by atoms with E-state index >= 15 is 0 Å². The van der Waals surface area contributed by atoms with Crippen LogP contribution in [0.4, 0.5) is 5.69 Å². The average Bonchev–Trinajstić information content (AvgIpc) is 2.57. The second-order valence-electron chi connectivity index (χ2n) is 5.98. The van der Waals surface area contributed by atoms with E-state index in [4.69, 9.17) is 0 Å². The van der Waals surface area contributed by atoms with E-state index in [1.54, 1.807) is 13.8 Å². The van der Waals surface area contributed by atoms with Crippen LogP contribution in [0.1, 0.15) is 59.3 Å². The van der Waals surface area contributed by atoms with Gasteiger partial charge in [-0.1, -0.05) is 46.5 Å². The van der Waals surface area contributed by atoms with E-state index in [9.17, 15) is 18.3 Å². The monoisotopic (exact) mass is 370 g/mol. The zero-order valence-electron chi connectivity index (χ0n) is 15.4. The summed E-state index contributed by atoms with van der Waals surface area (Å²) in [6.45, 7) is 6.39. The second kappa shape index (κ2) is 10.4. The lowest BCUT2D eigenvalue weighted by Gasteiger charge is -2.19. The summed E-state index contributed by atoms with van der Waals surface area (Å²) in [4.78, 5) is 12.1. The molecule has 0 atom stereocenters. The molecule has 0 bridgehead atoms. The van der Waals surface area contributed by atoms with Crippen LogP contribution in [-0.4, -0.2) is 36.8 Å². The van der Waals surface area contributed by atoms with Crippen molar-refractivity contribution in [3.8, 4) is 5.75 Å². The van der Waals surface area contributed by atoms with E-state index < -0.39 is 10.0 Å². The molecule has 0 radical (unpaired) electrons. The van der Waals surface area contributed by atoms with E-state index in [0.717, 1.165) is 32.1 Å². The van der Waals surface area contributed by atoms with Crippen LogP contribution in [0.3, 0.4) is 0 Å². The third-order valence-corrected chi connectivity index (χ3v) is 6.14. The minimum atomic E-state index is -3.63. The summed E-state index contributed by atoms with van der Waals surface area (Å²) >= 11 is 0. The highest BCUT2D eigenvalue weighted by atomic mass is 32.2. The standard InChI is InChI=1S/C18H30N2O4S/c1-4-7-8-9-10-11-18(22)19-16-14-15(12-13-17(16)21)25(23,24)20(5-2)6-3/h12-14,21H,4-11H2,1-3H3,(H,19,22). The number of unbranched alkanes of at least 4 members (excludes halogenated alkanes) is 4. The zero-order valence-corrected chi connectivity index (χ0v) is 16.2. The lowest BCUT2D eigenvalue weighted by molar-refractivity contribution is -0.116. The summed E-state index contributed by atoms with van der Waals surface area (Å²) in [5.74, 6) is -0.359. The molecular weight excluding hydrogens is 340 g/mol. The van der Waals surface area contributed by atoms with Crippen molar-refractivity contribution < 1.29 is 18.3 Å². The Kier molecular flexibility index (Phi) is 8.92. The molecule has 0 aromatic heterocycles. The summed E-state index contributed by atoms with van der Waals surface area (Å²) in [5, 5.41) is 12.5. The van der Waals surface area contributed by atoms with Gasteiger partial charge in [-0.05, 0) is 24.6 Å². The largest absolute Gasteiger partial charge is 0.506 e. The maximum absolute atomic E-state index is 12.5. The number of hydrogen-bond donors (Lipinski definition) is 2. The number of nitrogens with zero attached hydrogens (tertiary/aromatic N) is 1. The van der Waals surface area contributed by atoms with Gasteiger partial charge in [-0.2, -0.15) is 4.31 Å². The molecule has 1 aromatic rings. The number of anilines is 1. The number of phenolic OH excluding ortho intramolecular Hbond substituents is 1. The fraction of sp³-hybridized carbons (Fsp3) is 0.611. The molecule has 25 heavy (non-hydrogen) atoms. The maximum atomic E-state index is 12.5. The van der Waals surface area contributed by atoms with Crippen LogP contribution in [0.15, 0.2) is 23.1 Å². The number of benzene rings is 1. The number of sulfonamides is 1. The number of aromatic hydroxyl groups is 1. The number of carbonyl (C=O) groups is 1. The highest BCUT2D eigenvalue weighted by Crippen LogP contribution is 2.28. The number of nitrogens with one attached hydrogen (secondary N) is 1. The molecule has 7 heteroatoms. The van der Waals surface area contributed by atoms with Crippen LogP contribution in [0.2, 0.25) is 0 Å². The van der Waals surface area contributed by atoms with Gasteiger partial charge in [0, 0.05) is 19.5 Å². The molecule has 0 heterocycles. The number of rotatable bonds is 11. The van der Waals surface area contributed by atoms with E-state index in [0.29, 0.717) is 19.5 Å². The SMILES string of the molecule is CCCCCCCC(=O)Nc1cc(S(=O)(=O)N(CC)CC)ccc1O. The topological polar surface area (TPSA) is 86.7 Å². The van der Waals surface area contributed by atoms with Gasteiger partial charge < -0.3 is 10.4 Å². The summed E-state index contributed by atoms with van der Waals surface area (Å²) in [5.41, 5.74) is 0.131. The number of carbonyl (C=O) groups excluding carboxylic acids is 1. The fourth-order valence-corrected chi connectivity index (χ4v) is 4.07. The molecule has 0 fully saturated rings. The normalized spacial score (nSPS) is 11.7. The molecule has 1 rings (SSSR count). The minimum absolute atomic E-state index is 0.0623. The Bertz CT molecular complexity index is 655. The Morgan fingerprint density at radius 3 is 2.32 bits per heavy atom. The van der Waals surface area contributed by atoms with Gasteiger partial charge in [0.2, 0.25) is 15.9 Å². The van der Waals surface area contributed by atoms with E-state index in [1.165, 1.54) is 22.5 Å². The van der Waals surface area contributed by atoms with Gasteiger partial charge in [-0.25, -0.2) is 8.42 Å². The Morgan fingerprint density at radius 2 is 1.72 bits per heavy atom. The van der Waals surface area contributed by atoms with Crippen molar-refractivity contribution in [3.63, 3.8) is 0 Å². The number of amides is 1. The summed E-state index contributed by atoms with van der Waals surface area (Å²) in [6.07, 6.45) is 5.54. The highest BCUT2D eigenvalue weighted by molar-refractivity contribution is 7.89. The van der Waals surface area contributed by atoms with Crippen molar-refractivity contribution >= 4 is 21.6 Å². The van der Waals surface area contributed by atoms with E-state index in [-0.39, 0.29) is 22.2 Å². The maximum Gasteiger partial charge on any atom is 0.243 e. The van der Waals surface area contributed by atoms with E-state index in [2.05, 4.69) is 12.2 Å². The quantitative estimate of drug-likeness (QED) is 0.459. The molecule has 0 unspecified atom stereocenters. The molecule has 142 valence electrons. The van der Waals surface area contributed by atoms with Crippen molar-refractivity contribution in [2.75, 3.05) is 18.4 Å². The van der Waals surface area contributed by atoms with Gasteiger partial charge in [-0.15, -0.1) is 0 Å². The molecule has 6 nitrogen and oxygen atoms in total. The van der Waals surface area contributed by atoms with E-state index in [1.807, 2.05) is 0 Å².